The molecular weight excluding hydrogens is 194 g/mol. The maximum absolute atomic E-state index is 11.5. The molecule has 0 amide bonds. The zero-order valence-electron chi connectivity index (χ0n) is 9.07. The normalized spacial score (nSPS) is 10.9. The van der Waals surface area contributed by atoms with Crippen molar-refractivity contribution in [2.75, 3.05) is 12.5 Å². The number of hydrazine groups is 1. The van der Waals surface area contributed by atoms with Crippen LogP contribution >= 0.6 is 0 Å². The van der Waals surface area contributed by atoms with E-state index in [0.717, 1.165) is 5.56 Å². The van der Waals surface area contributed by atoms with Gasteiger partial charge in [-0.2, -0.15) is 0 Å². The lowest BCUT2D eigenvalue weighted by Gasteiger charge is -2.22. The molecule has 0 aliphatic heterocycles. The number of nitrogens with one attached hydrogen (secondary N) is 1. The number of nitrogens with zero attached hydrogens (tertiary/aromatic N) is 1. The van der Waals surface area contributed by atoms with Gasteiger partial charge in [-0.3, -0.25) is 4.79 Å². The van der Waals surface area contributed by atoms with Crippen molar-refractivity contribution in [3.63, 3.8) is 0 Å². The molecule has 3 N–H and O–H groups in total. The molecule has 0 bridgehead atoms. The Morgan fingerprint density at radius 2 is 2.27 bits per heavy atom. The van der Waals surface area contributed by atoms with Gasteiger partial charge < -0.3 is 10.2 Å². The summed E-state index contributed by atoms with van der Waals surface area (Å²) >= 11 is 0. The average molecular weight is 209 g/mol. The highest BCUT2D eigenvalue weighted by atomic mass is 16.5. The van der Waals surface area contributed by atoms with Crippen molar-refractivity contribution in [3.05, 3.63) is 23.9 Å². The maximum atomic E-state index is 11.5. The molecule has 15 heavy (non-hydrogen) atoms. The summed E-state index contributed by atoms with van der Waals surface area (Å²) in [4.78, 5) is 15.5. The summed E-state index contributed by atoms with van der Waals surface area (Å²) in [5.74, 6) is 5.47. The molecule has 0 aliphatic rings. The smallest absolute Gasteiger partial charge is 0.315 e. The van der Waals surface area contributed by atoms with Crippen LogP contribution in [0.5, 0.6) is 0 Å². The minimum Gasteiger partial charge on any atom is -0.468 e. The van der Waals surface area contributed by atoms with E-state index in [1.54, 1.807) is 32.2 Å². The third-order valence-electron chi connectivity index (χ3n) is 2.33. The van der Waals surface area contributed by atoms with Gasteiger partial charge in [0.25, 0.3) is 0 Å². The van der Waals surface area contributed by atoms with Crippen LogP contribution in [0.1, 0.15) is 19.4 Å². The molecule has 5 nitrogen and oxygen atoms in total. The zero-order valence-corrected chi connectivity index (χ0v) is 9.07. The summed E-state index contributed by atoms with van der Waals surface area (Å²) in [7, 11) is 1.37. The first kappa shape index (κ1) is 11.5. The Hall–Kier alpha value is -1.62. The summed E-state index contributed by atoms with van der Waals surface area (Å²) in [6, 6.07) is 3.48. The molecule has 0 aliphatic carbocycles. The van der Waals surface area contributed by atoms with Gasteiger partial charge in [-0.25, -0.2) is 10.8 Å². The molecule has 0 unspecified atom stereocenters. The molecular formula is C10H15N3O2. The fourth-order valence-corrected chi connectivity index (χ4v) is 1.27. The Labute approximate surface area is 88.6 Å². The lowest BCUT2D eigenvalue weighted by atomic mass is 9.85. The maximum Gasteiger partial charge on any atom is 0.315 e. The summed E-state index contributed by atoms with van der Waals surface area (Å²) in [6.07, 6.45) is 1.59. The van der Waals surface area contributed by atoms with Crippen LogP contribution < -0.4 is 11.3 Å². The topological polar surface area (TPSA) is 77.2 Å². The van der Waals surface area contributed by atoms with Crippen LogP contribution in [-0.2, 0) is 14.9 Å². The molecule has 1 heterocycles. The summed E-state index contributed by atoms with van der Waals surface area (Å²) in [5.41, 5.74) is 2.53. The fourth-order valence-electron chi connectivity index (χ4n) is 1.27. The van der Waals surface area contributed by atoms with Crippen LogP contribution in [0.2, 0.25) is 0 Å². The highest BCUT2D eigenvalue weighted by molar-refractivity contribution is 5.82. The number of esters is 1. The van der Waals surface area contributed by atoms with E-state index >= 15 is 0 Å². The average Bonchev–Trinajstić information content (AvgIpc) is 2.27. The van der Waals surface area contributed by atoms with Crippen molar-refractivity contribution in [2.24, 2.45) is 5.84 Å². The first-order chi connectivity index (χ1) is 7.02. The van der Waals surface area contributed by atoms with Gasteiger partial charge in [0.15, 0.2) is 0 Å². The Balaban J connectivity index is 3.09. The van der Waals surface area contributed by atoms with Gasteiger partial charge in [-0.15, -0.1) is 0 Å². The van der Waals surface area contributed by atoms with Crippen LogP contribution in [0, 0.1) is 0 Å². The van der Waals surface area contributed by atoms with Gasteiger partial charge in [-0.1, -0.05) is 0 Å². The SMILES string of the molecule is COC(=O)C(C)(C)c1ccnc(NN)c1. The number of aromatic nitrogens is 1. The molecule has 1 aromatic rings. The van der Waals surface area contributed by atoms with Crippen molar-refractivity contribution in [1.29, 1.82) is 0 Å². The molecule has 0 saturated heterocycles. The quantitative estimate of drug-likeness (QED) is 0.438. The second-order valence-electron chi connectivity index (χ2n) is 3.69. The Kier molecular flexibility index (Phi) is 3.26. The van der Waals surface area contributed by atoms with Crippen molar-refractivity contribution in [2.45, 2.75) is 19.3 Å². The lowest BCUT2D eigenvalue weighted by Crippen LogP contribution is -2.30. The zero-order chi connectivity index (χ0) is 11.5. The molecule has 0 spiro atoms. The van der Waals surface area contributed by atoms with Crippen LogP contribution in [0.4, 0.5) is 5.82 Å². The molecule has 0 fully saturated rings. The van der Waals surface area contributed by atoms with Crippen LogP contribution in [-0.4, -0.2) is 18.1 Å². The van der Waals surface area contributed by atoms with Crippen LogP contribution in [0.15, 0.2) is 18.3 Å². The van der Waals surface area contributed by atoms with Crippen LogP contribution in [0.3, 0.4) is 0 Å². The second kappa shape index (κ2) is 4.27. The van der Waals surface area contributed by atoms with Crippen molar-refractivity contribution in [3.8, 4) is 0 Å². The fraction of sp³-hybridized carbons (Fsp3) is 0.400. The third-order valence-corrected chi connectivity index (χ3v) is 2.33. The number of carbonyl (C=O) groups is 1. The summed E-state index contributed by atoms with van der Waals surface area (Å²) in [5, 5.41) is 0. The molecule has 1 aromatic heterocycles. The van der Waals surface area contributed by atoms with E-state index in [9.17, 15) is 4.79 Å². The predicted octanol–water partition coefficient (Wildman–Crippen LogP) is 0.818. The molecule has 1 rings (SSSR count). The monoisotopic (exact) mass is 209 g/mol. The van der Waals surface area contributed by atoms with Gasteiger partial charge in [0, 0.05) is 6.20 Å². The number of hydrogen-bond acceptors (Lipinski definition) is 5. The standard InChI is InChI=1S/C10H15N3O2/c1-10(2,9(14)15-3)7-4-5-12-8(6-7)13-11/h4-6H,11H2,1-3H3,(H,12,13). The minimum absolute atomic E-state index is 0.295. The number of nitrogen functional groups attached to an aromatic ring is 1. The first-order valence-electron chi connectivity index (χ1n) is 4.54. The van der Waals surface area contributed by atoms with E-state index in [2.05, 4.69) is 10.4 Å². The Morgan fingerprint density at radius 3 is 2.80 bits per heavy atom. The number of methoxy groups -OCH3 is 1. The van der Waals surface area contributed by atoms with E-state index in [1.165, 1.54) is 7.11 Å². The number of carbonyl (C=O) groups excluding carboxylic acids is 1. The predicted molar refractivity (Wildman–Crippen MR) is 57.1 cm³/mol. The van der Waals surface area contributed by atoms with E-state index in [0.29, 0.717) is 5.82 Å². The van der Waals surface area contributed by atoms with Gasteiger partial charge >= 0.3 is 5.97 Å². The summed E-state index contributed by atoms with van der Waals surface area (Å²) in [6.45, 7) is 3.57. The van der Waals surface area contributed by atoms with Crippen molar-refractivity contribution >= 4 is 11.8 Å². The molecule has 82 valence electrons. The van der Waals surface area contributed by atoms with Crippen molar-refractivity contribution < 1.29 is 9.53 Å². The number of ether oxygens (including phenoxy) is 1. The number of anilines is 1. The highest BCUT2D eigenvalue weighted by Crippen LogP contribution is 2.25. The van der Waals surface area contributed by atoms with Crippen LogP contribution in [0.25, 0.3) is 0 Å². The minimum atomic E-state index is -0.705. The lowest BCUT2D eigenvalue weighted by molar-refractivity contribution is -0.146. The van der Waals surface area contributed by atoms with E-state index in [1.807, 2.05) is 0 Å². The Bertz CT molecular complexity index is 363. The largest absolute Gasteiger partial charge is 0.468 e. The Morgan fingerprint density at radius 1 is 1.60 bits per heavy atom. The van der Waals surface area contributed by atoms with E-state index in [-0.39, 0.29) is 5.97 Å². The van der Waals surface area contributed by atoms with Crippen molar-refractivity contribution in [1.82, 2.24) is 4.98 Å². The number of nitrogens with two attached hydrogens (primary N) is 1. The third kappa shape index (κ3) is 2.24. The van der Waals surface area contributed by atoms with E-state index < -0.39 is 5.41 Å². The molecule has 5 heteroatoms. The summed E-state index contributed by atoms with van der Waals surface area (Å²) < 4.78 is 4.73. The number of rotatable bonds is 3. The first-order valence-corrected chi connectivity index (χ1v) is 4.54. The van der Waals surface area contributed by atoms with Gasteiger partial charge in [-0.05, 0) is 31.5 Å². The molecule has 0 atom stereocenters. The second-order valence-corrected chi connectivity index (χ2v) is 3.69. The van der Waals surface area contributed by atoms with Gasteiger partial charge in [0.05, 0.1) is 12.5 Å². The van der Waals surface area contributed by atoms with E-state index in [4.69, 9.17) is 10.6 Å². The molecule has 0 aromatic carbocycles. The number of pyridine rings is 1. The molecule has 0 radical (unpaired) electrons. The van der Waals surface area contributed by atoms with Gasteiger partial charge in [0.2, 0.25) is 0 Å². The highest BCUT2D eigenvalue weighted by Gasteiger charge is 2.31. The molecule has 0 saturated carbocycles. The number of hydrogen-bond donors (Lipinski definition) is 2. The van der Waals surface area contributed by atoms with Gasteiger partial charge in [0.1, 0.15) is 5.82 Å².